The van der Waals surface area contributed by atoms with Crippen molar-refractivity contribution in [1.29, 1.82) is 0 Å². The number of piperidine rings is 1. The molecular formula is C22H22N4O3. The van der Waals surface area contributed by atoms with Crippen molar-refractivity contribution >= 4 is 22.7 Å². The molecule has 0 atom stereocenters. The molecule has 1 saturated heterocycles. The number of fused-ring (bicyclic) bond motifs is 2. The monoisotopic (exact) mass is 390 g/mol. The smallest absolute Gasteiger partial charge is 0.267 e. The average Bonchev–Trinajstić information content (AvgIpc) is 3.19. The zero-order valence-electron chi connectivity index (χ0n) is 16.4. The number of aromatic amines is 1. The Morgan fingerprint density at radius 3 is 2.76 bits per heavy atom. The molecule has 7 nitrogen and oxygen atoms in total. The summed E-state index contributed by atoms with van der Waals surface area (Å²) in [5.74, 6) is -0.0879. The average molecular weight is 390 g/mol. The van der Waals surface area contributed by atoms with Crippen LogP contribution < -0.4 is 10.1 Å². The van der Waals surface area contributed by atoms with Crippen molar-refractivity contribution in [3.8, 4) is 5.75 Å². The van der Waals surface area contributed by atoms with Crippen molar-refractivity contribution in [2.75, 3.05) is 13.1 Å². The van der Waals surface area contributed by atoms with E-state index in [1.54, 1.807) is 24.4 Å². The van der Waals surface area contributed by atoms with Crippen LogP contribution in [0, 0.1) is 13.8 Å². The van der Waals surface area contributed by atoms with Crippen molar-refractivity contribution < 1.29 is 14.3 Å². The summed E-state index contributed by atoms with van der Waals surface area (Å²) in [6.45, 7) is 5.20. The first kappa shape index (κ1) is 17.9. The van der Waals surface area contributed by atoms with Crippen LogP contribution in [0.25, 0.3) is 10.9 Å². The number of rotatable bonds is 1. The van der Waals surface area contributed by atoms with Gasteiger partial charge in [-0.25, -0.2) is 4.90 Å². The largest absolute Gasteiger partial charge is 0.466 e. The molecule has 29 heavy (non-hydrogen) atoms. The third kappa shape index (κ3) is 2.73. The fraction of sp³-hybridized carbons (Fsp3) is 0.318. The van der Waals surface area contributed by atoms with Gasteiger partial charge in [0.15, 0.2) is 5.72 Å². The number of H-pyrrole nitrogens is 1. The number of imide groups is 1. The van der Waals surface area contributed by atoms with Crippen LogP contribution in [0.5, 0.6) is 5.75 Å². The normalized spacial score (nSPS) is 18.0. The van der Waals surface area contributed by atoms with Gasteiger partial charge < -0.3 is 10.1 Å². The van der Waals surface area contributed by atoms with Gasteiger partial charge >= 0.3 is 0 Å². The summed E-state index contributed by atoms with van der Waals surface area (Å²) < 4.78 is 6.37. The van der Waals surface area contributed by atoms with Gasteiger partial charge in [0.2, 0.25) is 0 Å². The number of nitrogens with one attached hydrogen (secondary N) is 2. The van der Waals surface area contributed by atoms with E-state index >= 15 is 0 Å². The van der Waals surface area contributed by atoms with Gasteiger partial charge in [0.25, 0.3) is 11.8 Å². The molecule has 2 aliphatic rings. The third-order valence-corrected chi connectivity index (χ3v) is 5.86. The maximum absolute atomic E-state index is 13.7. The highest BCUT2D eigenvalue weighted by molar-refractivity contribution is 6.13. The minimum absolute atomic E-state index is 0.299. The molecule has 0 bridgehead atoms. The standard InChI is InChI=1S/C22H22N4O3/c1-13-3-4-18-17(9-13)21(28)26(22(29-18)5-7-23-8-6-22)20(27)15-10-14(2)19-16(11-15)12-24-25-19/h3-4,9-12,23H,5-8H2,1-2H3,(H,24,25). The molecule has 0 saturated carbocycles. The molecule has 2 aliphatic heterocycles. The lowest BCUT2D eigenvalue weighted by Crippen LogP contribution is -2.64. The number of carbonyl (C=O) groups is 2. The minimum Gasteiger partial charge on any atom is -0.466 e. The summed E-state index contributed by atoms with van der Waals surface area (Å²) in [4.78, 5) is 28.6. The molecule has 148 valence electrons. The van der Waals surface area contributed by atoms with E-state index < -0.39 is 5.72 Å². The highest BCUT2D eigenvalue weighted by Crippen LogP contribution is 2.40. The molecule has 1 aromatic heterocycles. The highest BCUT2D eigenvalue weighted by atomic mass is 16.5. The molecule has 1 fully saturated rings. The molecule has 1 spiro atoms. The van der Waals surface area contributed by atoms with E-state index in [2.05, 4.69) is 15.5 Å². The topological polar surface area (TPSA) is 87.3 Å². The van der Waals surface area contributed by atoms with E-state index in [0.717, 1.165) is 22.0 Å². The molecule has 3 heterocycles. The van der Waals surface area contributed by atoms with Gasteiger partial charge in [-0.05, 0) is 43.7 Å². The molecule has 2 aromatic carbocycles. The van der Waals surface area contributed by atoms with Crippen LogP contribution in [-0.4, -0.2) is 45.7 Å². The van der Waals surface area contributed by atoms with Gasteiger partial charge in [-0.2, -0.15) is 5.10 Å². The Balaban J connectivity index is 1.64. The van der Waals surface area contributed by atoms with Gasteiger partial charge in [-0.3, -0.25) is 14.7 Å². The summed E-state index contributed by atoms with van der Waals surface area (Å²) in [5, 5.41) is 11.1. The molecule has 2 N–H and O–H groups in total. The van der Waals surface area contributed by atoms with Crippen molar-refractivity contribution in [2.24, 2.45) is 0 Å². The maximum Gasteiger partial charge on any atom is 0.267 e. The minimum atomic E-state index is -0.971. The fourth-order valence-electron chi connectivity index (χ4n) is 4.36. The second-order valence-electron chi connectivity index (χ2n) is 7.87. The second-order valence-corrected chi connectivity index (χ2v) is 7.87. The van der Waals surface area contributed by atoms with Crippen LogP contribution in [0.1, 0.15) is 44.7 Å². The number of aromatic nitrogens is 2. The van der Waals surface area contributed by atoms with Crippen LogP contribution in [0.2, 0.25) is 0 Å². The molecule has 7 heteroatoms. The lowest BCUT2D eigenvalue weighted by molar-refractivity contribution is -0.0776. The van der Waals surface area contributed by atoms with E-state index in [1.807, 2.05) is 26.0 Å². The Hall–Kier alpha value is -3.19. The SMILES string of the molecule is Cc1ccc2c(c1)C(=O)N(C(=O)c1cc(C)c3[nH]ncc3c1)C1(CCNCC1)O2. The molecule has 0 aliphatic carbocycles. The van der Waals surface area contributed by atoms with Crippen LogP contribution >= 0.6 is 0 Å². The number of benzene rings is 2. The number of ether oxygens (including phenoxy) is 1. The lowest BCUT2D eigenvalue weighted by Gasteiger charge is -2.47. The number of amides is 2. The van der Waals surface area contributed by atoms with Crippen LogP contribution in [0.3, 0.4) is 0 Å². The van der Waals surface area contributed by atoms with E-state index in [4.69, 9.17) is 4.74 Å². The zero-order chi connectivity index (χ0) is 20.2. The van der Waals surface area contributed by atoms with Gasteiger partial charge in [-0.1, -0.05) is 11.6 Å². The number of aryl methyl sites for hydroxylation is 2. The summed E-state index contributed by atoms with van der Waals surface area (Å²) in [6, 6.07) is 9.12. The maximum atomic E-state index is 13.7. The Morgan fingerprint density at radius 1 is 1.17 bits per heavy atom. The predicted octanol–water partition coefficient (Wildman–Crippen LogP) is 2.93. The van der Waals surface area contributed by atoms with Gasteiger partial charge in [0.1, 0.15) is 5.75 Å². The molecule has 5 rings (SSSR count). The predicted molar refractivity (Wildman–Crippen MR) is 108 cm³/mol. The number of hydrogen-bond acceptors (Lipinski definition) is 5. The Morgan fingerprint density at radius 2 is 1.97 bits per heavy atom. The van der Waals surface area contributed by atoms with Crippen molar-refractivity contribution in [3.63, 3.8) is 0 Å². The van der Waals surface area contributed by atoms with Gasteiger partial charge in [0.05, 0.1) is 17.3 Å². The molecule has 0 radical (unpaired) electrons. The van der Waals surface area contributed by atoms with Crippen molar-refractivity contribution in [2.45, 2.75) is 32.4 Å². The lowest BCUT2D eigenvalue weighted by atomic mass is 9.93. The first-order valence-electron chi connectivity index (χ1n) is 9.81. The van der Waals surface area contributed by atoms with Crippen LogP contribution in [-0.2, 0) is 0 Å². The summed E-state index contributed by atoms with van der Waals surface area (Å²) in [7, 11) is 0. The van der Waals surface area contributed by atoms with Gasteiger partial charge in [-0.15, -0.1) is 0 Å². The van der Waals surface area contributed by atoms with E-state index in [1.165, 1.54) is 4.90 Å². The first-order valence-corrected chi connectivity index (χ1v) is 9.81. The number of nitrogens with zero attached hydrogens (tertiary/aromatic N) is 2. The Labute approximate surface area is 168 Å². The second kappa shape index (κ2) is 6.42. The number of hydrogen-bond donors (Lipinski definition) is 2. The van der Waals surface area contributed by atoms with Crippen molar-refractivity contribution in [3.05, 3.63) is 58.8 Å². The van der Waals surface area contributed by atoms with Crippen LogP contribution in [0.15, 0.2) is 36.5 Å². The molecule has 0 unspecified atom stereocenters. The van der Waals surface area contributed by atoms with E-state index in [9.17, 15) is 9.59 Å². The summed E-state index contributed by atoms with van der Waals surface area (Å²) in [6.07, 6.45) is 2.78. The van der Waals surface area contributed by atoms with E-state index in [0.29, 0.717) is 42.8 Å². The van der Waals surface area contributed by atoms with Crippen LogP contribution in [0.4, 0.5) is 0 Å². The Bertz CT molecular complexity index is 1140. The van der Waals surface area contributed by atoms with E-state index in [-0.39, 0.29) is 11.8 Å². The molecule has 2 amide bonds. The summed E-state index contributed by atoms with van der Waals surface area (Å²) in [5.41, 5.74) is 2.67. The Kier molecular flexibility index (Phi) is 3.96. The first-order chi connectivity index (χ1) is 14.0. The fourth-order valence-corrected chi connectivity index (χ4v) is 4.36. The zero-order valence-corrected chi connectivity index (χ0v) is 16.4. The molecule has 3 aromatic rings. The van der Waals surface area contributed by atoms with Gasteiger partial charge in [0, 0.05) is 36.9 Å². The summed E-state index contributed by atoms with van der Waals surface area (Å²) >= 11 is 0. The molecular weight excluding hydrogens is 368 g/mol. The quantitative estimate of drug-likeness (QED) is 0.624. The third-order valence-electron chi connectivity index (χ3n) is 5.86. The highest BCUT2D eigenvalue weighted by Gasteiger charge is 2.51. The number of carbonyl (C=O) groups excluding carboxylic acids is 2. The van der Waals surface area contributed by atoms with Crippen molar-refractivity contribution in [1.82, 2.24) is 20.4 Å².